The number of nitrogens with zero attached hydrogens (tertiary/aromatic N) is 2. The summed E-state index contributed by atoms with van der Waals surface area (Å²) in [7, 11) is 0. The van der Waals surface area contributed by atoms with E-state index >= 15 is 0 Å². The van der Waals surface area contributed by atoms with E-state index in [1.54, 1.807) is 6.07 Å². The molecule has 0 aliphatic carbocycles. The Morgan fingerprint density at radius 2 is 1.77 bits per heavy atom. The normalized spacial score (nSPS) is 18.0. The van der Waals surface area contributed by atoms with Crippen LogP contribution in [0.1, 0.15) is 33.3 Å². The van der Waals surface area contributed by atoms with Crippen molar-refractivity contribution < 1.29 is 13.2 Å². The highest BCUT2D eigenvalue weighted by molar-refractivity contribution is 7.79. The van der Waals surface area contributed by atoms with Crippen LogP contribution in [0.3, 0.4) is 0 Å². The minimum absolute atomic E-state index is 0.126. The van der Waals surface area contributed by atoms with Crippen LogP contribution in [0.5, 0.6) is 0 Å². The van der Waals surface area contributed by atoms with Gasteiger partial charge in [-0.3, -0.25) is 9.80 Å². The molecule has 22 heavy (non-hydrogen) atoms. The van der Waals surface area contributed by atoms with Crippen LogP contribution in [0.15, 0.2) is 23.1 Å². The molecule has 0 aromatic heterocycles. The van der Waals surface area contributed by atoms with E-state index in [0.29, 0.717) is 12.6 Å². The van der Waals surface area contributed by atoms with Crippen LogP contribution in [0, 0.1) is 5.82 Å². The van der Waals surface area contributed by atoms with Gasteiger partial charge < -0.3 is 4.55 Å². The maximum Gasteiger partial charge on any atom is 0.186 e. The number of halogens is 1. The number of piperazine rings is 1. The molecule has 0 saturated carbocycles. The Hall–Kier alpha value is -0.820. The lowest BCUT2D eigenvalue weighted by molar-refractivity contribution is 0.104. The molecule has 0 amide bonds. The molecule has 0 bridgehead atoms. The highest BCUT2D eigenvalue weighted by Crippen LogP contribution is 2.15. The van der Waals surface area contributed by atoms with E-state index in [0.717, 1.165) is 37.8 Å². The fraction of sp³-hybridized carbons (Fsp3) is 0.625. The van der Waals surface area contributed by atoms with Gasteiger partial charge in [-0.15, -0.1) is 0 Å². The summed E-state index contributed by atoms with van der Waals surface area (Å²) in [6.45, 7) is 12.9. The van der Waals surface area contributed by atoms with Crippen molar-refractivity contribution in [1.29, 1.82) is 0 Å². The molecule has 1 heterocycles. The molecule has 1 aliphatic rings. The zero-order chi connectivity index (χ0) is 16.7. The van der Waals surface area contributed by atoms with Gasteiger partial charge >= 0.3 is 0 Å². The first-order valence-corrected chi connectivity index (χ1v) is 8.93. The second-order valence-corrected chi connectivity index (χ2v) is 6.42. The fourth-order valence-electron chi connectivity index (χ4n) is 2.51. The Bertz CT molecular complexity index is 489. The number of benzene rings is 1. The maximum absolute atomic E-state index is 13.4. The van der Waals surface area contributed by atoms with E-state index in [-0.39, 0.29) is 4.90 Å². The molecule has 1 aromatic rings. The summed E-state index contributed by atoms with van der Waals surface area (Å²) in [5.41, 5.74) is 0.750. The highest BCUT2D eigenvalue weighted by Gasteiger charge is 2.19. The van der Waals surface area contributed by atoms with Gasteiger partial charge in [0.1, 0.15) is 5.82 Å². The van der Waals surface area contributed by atoms with Crippen molar-refractivity contribution in [1.82, 2.24) is 9.80 Å². The number of hydrogen-bond donors (Lipinski definition) is 1. The predicted octanol–water partition coefficient (Wildman–Crippen LogP) is 2.96. The van der Waals surface area contributed by atoms with Crippen molar-refractivity contribution in [2.45, 2.75) is 45.2 Å². The molecule has 6 heteroatoms. The zero-order valence-corrected chi connectivity index (χ0v) is 14.7. The van der Waals surface area contributed by atoms with E-state index in [9.17, 15) is 8.60 Å². The average molecular weight is 330 g/mol. The lowest BCUT2D eigenvalue weighted by Gasteiger charge is -2.36. The Kier molecular flexibility index (Phi) is 8.17. The minimum atomic E-state index is -2.13. The van der Waals surface area contributed by atoms with Crippen molar-refractivity contribution in [3.8, 4) is 0 Å². The summed E-state index contributed by atoms with van der Waals surface area (Å²) >= 11 is -2.13. The van der Waals surface area contributed by atoms with Crippen molar-refractivity contribution in [3.05, 3.63) is 29.6 Å². The molecule has 126 valence electrons. The number of hydrogen-bond acceptors (Lipinski definition) is 3. The van der Waals surface area contributed by atoms with Gasteiger partial charge in [0.05, 0.1) is 4.90 Å². The first-order chi connectivity index (χ1) is 10.5. The van der Waals surface area contributed by atoms with Gasteiger partial charge in [-0.05, 0) is 37.6 Å². The zero-order valence-electron chi connectivity index (χ0n) is 13.9. The quantitative estimate of drug-likeness (QED) is 0.862. The third-order valence-corrected chi connectivity index (χ3v) is 4.32. The van der Waals surface area contributed by atoms with Gasteiger partial charge in [-0.2, -0.15) is 0 Å². The molecule has 2 rings (SSSR count). The molecule has 1 aliphatic heterocycles. The molecule has 1 unspecified atom stereocenters. The lowest BCUT2D eigenvalue weighted by atomic mass is 10.2. The maximum atomic E-state index is 13.4. The molecule has 1 saturated heterocycles. The van der Waals surface area contributed by atoms with Crippen LogP contribution in [0.2, 0.25) is 0 Å². The summed E-state index contributed by atoms with van der Waals surface area (Å²) in [6, 6.07) is 4.70. The molecule has 4 nitrogen and oxygen atoms in total. The topological polar surface area (TPSA) is 43.8 Å². The molecular weight excluding hydrogens is 303 g/mol. The van der Waals surface area contributed by atoms with Gasteiger partial charge in [0, 0.05) is 38.8 Å². The SMILES string of the molecule is CC.CC(C)N1CCN(Cc2cc(F)cc(S(=O)O)c2)CC1. The van der Waals surface area contributed by atoms with E-state index in [4.69, 9.17) is 4.55 Å². The Balaban J connectivity index is 0.00000116. The van der Waals surface area contributed by atoms with Crippen molar-refractivity contribution in [2.24, 2.45) is 0 Å². The Labute approximate surface area is 135 Å². The second-order valence-electron chi connectivity index (χ2n) is 5.45. The summed E-state index contributed by atoms with van der Waals surface area (Å²) in [5.74, 6) is -0.458. The van der Waals surface area contributed by atoms with Crippen LogP contribution < -0.4 is 0 Å². The molecule has 1 N–H and O–H groups in total. The Morgan fingerprint density at radius 3 is 2.27 bits per heavy atom. The van der Waals surface area contributed by atoms with E-state index in [1.807, 2.05) is 13.8 Å². The minimum Gasteiger partial charge on any atom is -0.302 e. The van der Waals surface area contributed by atoms with Crippen LogP contribution in [0.4, 0.5) is 4.39 Å². The smallest absolute Gasteiger partial charge is 0.186 e. The van der Waals surface area contributed by atoms with Crippen molar-refractivity contribution in [2.75, 3.05) is 26.2 Å². The first-order valence-electron chi connectivity index (χ1n) is 7.82. The lowest BCUT2D eigenvalue weighted by Crippen LogP contribution is -2.48. The third-order valence-electron chi connectivity index (χ3n) is 3.68. The van der Waals surface area contributed by atoms with E-state index in [2.05, 4.69) is 23.6 Å². The van der Waals surface area contributed by atoms with Gasteiger partial charge in [0.15, 0.2) is 11.1 Å². The van der Waals surface area contributed by atoms with Gasteiger partial charge in [0.2, 0.25) is 0 Å². The van der Waals surface area contributed by atoms with Crippen LogP contribution >= 0.6 is 0 Å². The molecule has 0 spiro atoms. The van der Waals surface area contributed by atoms with E-state index in [1.165, 1.54) is 6.07 Å². The highest BCUT2D eigenvalue weighted by atomic mass is 32.2. The van der Waals surface area contributed by atoms with Crippen LogP contribution in [-0.2, 0) is 17.6 Å². The summed E-state index contributed by atoms with van der Waals surface area (Å²) in [4.78, 5) is 4.79. The largest absolute Gasteiger partial charge is 0.302 e. The molecule has 1 fully saturated rings. The first kappa shape index (κ1) is 19.2. The Morgan fingerprint density at radius 1 is 1.18 bits per heavy atom. The van der Waals surface area contributed by atoms with E-state index < -0.39 is 16.9 Å². The van der Waals surface area contributed by atoms with Gasteiger partial charge in [-0.1, -0.05) is 13.8 Å². The molecule has 0 radical (unpaired) electrons. The molecule has 1 atom stereocenters. The van der Waals surface area contributed by atoms with Gasteiger partial charge in [0.25, 0.3) is 0 Å². The summed E-state index contributed by atoms with van der Waals surface area (Å²) < 4.78 is 33.5. The average Bonchev–Trinajstić information content (AvgIpc) is 2.49. The predicted molar refractivity (Wildman–Crippen MR) is 88.8 cm³/mol. The van der Waals surface area contributed by atoms with Crippen LogP contribution in [-0.4, -0.2) is 50.8 Å². The summed E-state index contributed by atoms with van der Waals surface area (Å²) in [6.07, 6.45) is 0. The van der Waals surface area contributed by atoms with Crippen LogP contribution in [0.25, 0.3) is 0 Å². The standard InChI is InChI=1S/C14H21FN2O2S.C2H6/c1-11(2)17-5-3-16(4-6-17)10-12-7-13(15)9-14(8-12)20(18)19;1-2/h7-9,11H,3-6,10H2,1-2H3,(H,18,19);1-2H3. The third kappa shape index (κ3) is 5.76. The number of rotatable bonds is 4. The van der Waals surface area contributed by atoms with Crippen molar-refractivity contribution in [3.63, 3.8) is 0 Å². The monoisotopic (exact) mass is 330 g/mol. The molecular formula is C16H27FN2O2S. The fourth-order valence-corrected chi connectivity index (χ4v) is 2.97. The van der Waals surface area contributed by atoms with Crippen molar-refractivity contribution >= 4 is 11.1 Å². The summed E-state index contributed by atoms with van der Waals surface area (Å²) in [5, 5.41) is 0. The molecule has 1 aromatic carbocycles. The van der Waals surface area contributed by atoms with Gasteiger partial charge in [-0.25, -0.2) is 8.60 Å². The second kappa shape index (κ2) is 9.35.